The number of halogens is 3. The first kappa shape index (κ1) is 19.0. The maximum Gasteiger partial charge on any atom is 0.573 e. The van der Waals surface area contributed by atoms with Gasteiger partial charge in [-0.2, -0.15) is 5.26 Å². The minimum Gasteiger partial charge on any atom is -0.406 e. The zero-order valence-electron chi connectivity index (χ0n) is 13.6. The lowest BCUT2D eigenvalue weighted by molar-refractivity contribution is -0.274. The molecular weight excluding hydrogens is 337 g/mol. The highest BCUT2D eigenvalue weighted by molar-refractivity contribution is 5.90. The second kappa shape index (κ2) is 8.69. The van der Waals surface area contributed by atoms with Crippen LogP contribution in [0.1, 0.15) is 6.42 Å². The van der Waals surface area contributed by atoms with Crippen LogP contribution in [0.3, 0.4) is 0 Å². The van der Waals surface area contributed by atoms with Crippen LogP contribution in [0.2, 0.25) is 0 Å². The Balaban J connectivity index is 1.71. The summed E-state index contributed by atoms with van der Waals surface area (Å²) in [4.78, 5) is 16.1. The van der Waals surface area contributed by atoms with Gasteiger partial charge in [0, 0.05) is 44.8 Å². The van der Waals surface area contributed by atoms with Gasteiger partial charge in [0.15, 0.2) is 0 Å². The molecular formula is C16H19F3N4O2. The minimum absolute atomic E-state index is 0.205. The maximum atomic E-state index is 12.1. The van der Waals surface area contributed by atoms with Crippen molar-refractivity contribution in [1.29, 1.82) is 5.26 Å². The highest BCUT2D eigenvalue weighted by Crippen LogP contribution is 2.23. The van der Waals surface area contributed by atoms with E-state index < -0.39 is 6.36 Å². The van der Waals surface area contributed by atoms with E-state index in [0.29, 0.717) is 25.2 Å². The first-order valence-electron chi connectivity index (χ1n) is 7.83. The fraction of sp³-hybridized carbons (Fsp3) is 0.500. The van der Waals surface area contributed by atoms with Gasteiger partial charge in [0.05, 0.1) is 12.6 Å². The number of carbonyl (C=O) groups is 1. The molecule has 0 aliphatic carbocycles. The van der Waals surface area contributed by atoms with Gasteiger partial charge in [0.2, 0.25) is 5.91 Å². The monoisotopic (exact) mass is 356 g/mol. The van der Waals surface area contributed by atoms with E-state index >= 15 is 0 Å². The van der Waals surface area contributed by atoms with Crippen LogP contribution in [0.25, 0.3) is 0 Å². The first-order chi connectivity index (χ1) is 11.9. The molecule has 1 N–H and O–H groups in total. The average molecular weight is 356 g/mol. The molecule has 1 amide bonds. The summed E-state index contributed by atoms with van der Waals surface area (Å²) in [6.07, 6.45) is -4.44. The standard InChI is InChI=1S/C16H19F3N4O2/c17-16(18,19)25-14-3-1-13(2-4-14)21-15(24)5-7-22-9-11-23(8-6-20)12-10-22/h1-4H,5,7-12H2,(H,21,24). The molecule has 0 unspecified atom stereocenters. The molecule has 136 valence electrons. The van der Waals surface area contributed by atoms with Crippen molar-refractivity contribution < 1.29 is 22.7 Å². The third-order valence-corrected chi connectivity index (χ3v) is 3.79. The Bertz CT molecular complexity index is 605. The number of nitrogens with one attached hydrogen (secondary N) is 1. The molecule has 0 aromatic heterocycles. The molecule has 1 aliphatic heterocycles. The van der Waals surface area contributed by atoms with Gasteiger partial charge in [-0.05, 0) is 24.3 Å². The molecule has 0 spiro atoms. The number of hydrogen-bond donors (Lipinski definition) is 1. The zero-order valence-corrected chi connectivity index (χ0v) is 13.6. The van der Waals surface area contributed by atoms with E-state index in [1.165, 1.54) is 12.1 Å². The van der Waals surface area contributed by atoms with E-state index in [9.17, 15) is 18.0 Å². The van der Waals surface area contributed by atoms with Gasteiger partial charge in [0.1, 0.15) is 5.75 Å². The van der Waals surface area contributed by atoms with Gasteiger partial charge in [-0.15, -0.1) is 13.2 Å². The summed E-state index contributed by atoms with van der Waals surface area (Å²) < 4.78 is 40.0. The highest BCUT2D eigenvalue weighted by Gasteiger charge is 2.30. The number of amides is 1. The molecule has 1 aromatic carbocycles. The summed E-state index contributed by atoms with van der Waals surface area (Å²) in [5, 5.41) is 11.3. The van der Waals surface area contributed by atoms with Crippen molar-refractivity contribution in [1.82, 2.24) is 9.80 Å². The number of carbonyl (C=O) groups excluding carboxylic acids is 1. The minimum atomic E-state index is -4.73. The Morgan fingerprint density at radius 3 is 2.32 bits per heavy atom. The van der Waals surface area contributed by atoms with Crippen LogP contribution in [0, 0.1) is 11.3 Å². The lowest BCUT2D eigenvalue weighted by Crippen LogP contribution is -2.46. The summed E-state index contributed by atoms with van der Waals surface area (Å²) >= 11 is 0. The van der Waals surface area contributed by atoms with E-state index in [1.807, 2.05) is 0 Å². The number of rotatable bonds is 6. The molecule has 1 fully saturated rings. The number of ether oxygens (including phenoxy) is 1. The zero-order chi connectivity index (χ0) is 18.3. The number of benzene rings is 1. The van der Waals surface area contributed by atoms with Crippen LogP contribution in [0.4, 0.5) is 18.9 Å². The molecule has 1 aromatic rings. The quantitative estimate of drug-likeness (QED) is 0.790. The van der Waals surface area contributed by atoms with Crippen LogP contribution < -0.4 is 10.1 Å². The Morgan fingerprint density at radius 2 is 1.76 bits per heavy atom. The summed E-state index contributed by atoms with van der Waals surface area (Å²) in [7, 11) is 0. The van der Waals surface area contributed by atoms with Crippen LogP contribution in [-0.2, 0) is 4.79 Å². The Hall–Kier alpha value is -2.31. The molecule has 1 aliphatic rings. The van der Waals surface area contributed by atoms with Gasteiger partial charge in [0.25, 0.3) is 0 Å². The molecule has 25 heavy (non-hydrogen) atoms. The van der Waals surface area contributed by atoms with Crippen LogP contribution in [0.5, 0.6) is 5.75 Å². The topological polar surface area (TPSA) is 68.6 Å². The number of hydrogen-bond acceptors (Lipinski definition) is 5. The van der Waals surface area contributed by atoms with Crippen molar-refractivity contribution >= 4 is 11.6 Å². The second-order valence-electron chi connectivity index (χ2n) is 5.65. The normalized spacial score (nSPS) is 16.2. The van der Waals surface area contributed by atoms with Crippen molar-refractivity contribution in [3.8, 4) is 11.8 Å². The number of alkyl halides is 3. The van der Waals surface area contributed by atoms with Crippen LogP contribution in [-0.4, -0.2) is 61.3 Å². The Morgan fingerprint density at radius 1 is 1.16 bits per heavy atom. The fourth-order valence-electron chi connectivity index (χ4n) is 2.49. The highest BCUT2D eigenvalue weighted by atomic mass is 19.4. The molecule has 0 bridgehead atoms. The Labute approximate surface area is 143 Å². The van der Waals surface area contributed by atoms with Crippen molar-refractivity contribution in [2.45, 2.75) is 12.8 Å². The van der Waals surface area contributed by atoms with Gasteiger partial charge in [-0.3, -0.25) is 9.69 Å². The SMILES string of the molecule is N#CCN1CCN(CCC(=O)Nc2ccc(OC(F)(F)F)cc2)CC1. The third kappa shape index (κ3) is 6.99. The van der Waals surface area contributed by atoms with Crippen LogP contribution in [0.15, 0.2) is 24.3 Å². The third-order valence-electron chi connectivity index (χ3n) is 3.79. The summed E-state index contributed by atoms with van der Waals surface area (Å²) in [6.45, 7) is 4.23. The second-order valence-corrected chi connectivity index (χ2v) is 5.65. The molecule has 9 heteroatoms. The van der Waals surface area contributed by atoms with Gasteiger partial charge < -0.3 is 15.0 Å². The van der Waals surface area contributed by atoms with E-state index in [-0.39, 0.29) is 11.7 Å². The van der Waals surface area contributed by atoms with Crippen molar-refractivity contribution in [3.05, 3.63) is 24.3 Å². The Kier molecular flexibility index (Phi) is 6.61. The van der Waals surface area contributed by atoms with E-state index in [4.69, 9.17) is 5.26 Å². The molecule has 1 heterocycles. The lowest BCUT2D eigenvalue weighted by atomic mass is 10.2. The lowest BCUT2D eigenvalue weighted by Gasteiger charge is -2.33. The van der Waals surface area contributed by atoms with Gasteiger partial charge in [-0.25, -0.2) is 0 Å². The maximum absolute atomic E-state index is 12.1. The average Bonchev–Trinajstić information content (AvgIpc) is 2.55. The van der Waals surface area contributed by atoms with Crippen molar-refractivity contribution in [2.24, 2.45) is 0 Å². The fourth-order valence-corrected chi connectivity index (χ4v) is 2.49. The molecule has 1 saturated heterocycles. The molecule has 0 radical (unpaired) electrons. The smallest absolute Gasteiger partial charge is 0.406 e. The van der Waals surface area contributed by atoms with Crippen LogP contribution >= 0.6 is 0 Å². The van der Waals surface area contributed by atoms with Crippen molar-refractivity contribution in [3.63, 3.8) is 0 Å². The van der Waals surface area contributed by atoms with E-state index in [2.05, 4.69) is 25.9 Å². The summed E-state index contributed by atoms with van der Waals surface area (Å²) in [5.41, 5.74) is 0.415. The van der Waals surface area contributed by atoms with Gasteiger partial charge in [-0.1, -0.05) is 0 Å². The van der Waals surface area contributed by atoms with E-state index in [1.54, 1.807) is 0 Å². The van der Waals surface area contributed by atoms with Gasteiger partial charge >= 0.3 is 6.36 Å². The molecule has 6 nitrogen and oxygen atoms in total. The first-order valence-corrected chi connectivity index (χ1v) is 7.83. The summed E-state index contributed by atoms with van der Waals surface area (Å²) in [6, 6.07) is 7.14. The predicted octanol–water partition coefficient (Wildman–Crippen LogP) is 2.05. The number of nitrogens with zero attached hydrogens (tertiary/aromatic N) is 3. The van der Waals surface area contributed by atoms with E-state index in [0.717, 1.165) is 38.3 Å². The van der Waals surface area contributed by atoms with Crippen molar-refractivity contribution in [2.75, 3.05) is 44.6 Å². The molecule has 2 rings (SSSR count). The number of nitriles is 1. The largest absolute Gasteiger partial charge is 0.573 e. The predicted molar refractivity (Wildman–Crippen MR) is 84.9 cm³/mol. The number of piperazine rings is 1. The molecule has 0 saturated carbocycles. The summed E-state index contributed by atoms with van der Waals surface area (Å²) in [5.74, 6) is -0.537. The molecule has 0 atom stereocenters. The number of anilines is 1.